The Kier molecular flexibility index (Phi) is 12.2. The third-order valence-electron chi connectivity index (χ3n) is 13.7. The summed E-state index contributed by atoms with van der Waals surface area (Å²) < 4.78 is 33.2. The molecule has 2 aromatic heterocycles. The lowest BCUT2D eigenvalue weighted by molar-refractivity contribution is -0.135. The number of thiazole rings is 1. The maximum absolute atomic E-state index is 15.9. The molecule has 3 aromatic carbocycles. The second-order valence-electron chi connectivity index (χ2n) is 17.8. The van der Waals surface area contributed by atoms with Crippen LogP contribution in [0.5, 0.6) is 0 Å². The maximum atomic E-state index is 15.9. The molecule has 0 spiro atoms. The molecule has 5 aliphatic rings. The number of piperazine rings is 1. The molecule has 5 aliphatic heterocycles. The molecule has 5 aromatic rings. The molecule has 66 heavy (non-hydrogen) atoms. The number of hydrogen-bond acceptors (Lipinski definition) is 11. The van der Waals surface area contributed by atoms with Crippen LogP contribution in [0.3, 0.4) is 0 Å². The number of anilines is 2. The van der Waals surface area contributed by atoms with Gasteiger partial charge in [0.25, 0.3) is 11.8 Å². The van der Waals surface area contributed by atoms with Gasteiger partial charge >= 0.3 is 0 Å². The number of imide groups is 1. The molecule has 3 fully saturated rings. The molecular formula is C48H50F2N10O5S. The molecule has 3 saturated heterocycles. The van der Waals surface area contributed by atoms with E-state index in [1.54, 1.807) is 36.1 Å². The number of aromatic nitrogens is 3. The topological polar surface area (TPSA) is 165 Å². The minimum Gasteiger partial charge on any atom is -0.374 e. The van der Waals surface area contributed by atoms with E-state index in [-0.39, 0.29) is 47.6 Å². The van der Waals surface area contributed by atoms with E-state index < -0.39 is 35.6 Å². The Morgan fingerprint density at radius 2 is 1.65 bits per heavy atom. The van der Waals surface area contributed by atoms with Gasteiger partial charge in [0.15, 0.2) is 11.2 Å². The van der Waals surface area contributed by atoms with Gasteiger partial charge in [-0.15, -0.1) is 11.3 Å². The number of nitrogens with one attached hydrogen (secondary N) is 3. The number of amides is 5. The second kappa shape index (κ2) is 18.5. The molecule has 0 bridgehead atoms. The van der Waals surface area contributed by atoms with Gasteiger partial charge in [-0.25, -0.2) is 18.7 Å². The summed E-state index contributed by atoms with van der Waals surface area (Å²) in [7, 11) is 0. The van der Waals surface area contributed by atoms with Crippen molar-refractivity contribution in [1.29, 1.82) is 0 Å². The van der Waals surface area contributed by atoms with Gasteiger partial charge in [0, 0.05) is 79.8 Å². The first-order chi connectivity index (χ1) is 32.0. The van der Waals surface area contributed by atoms with Crippen molar-refractivity contribution < 1.29 is 32.8 Å². The van der Waals surface area contributed by atoms with E-state index in [2.05, 4.69) is 35.7 Å². The summed E-state index contributed by atoms with van der Waals surface area (Å²) in [6.45, 7) is 5.81. The van der Waals surface area contributed by atoms with E-state index in [1.807, 2.05) is 33.7 Å². The third kappa shape index (κ3) is 8.96. The molecule has 15 nitrogen and oxygen atoms in total. The Hall–Kier alpha value is -6.37. The molecule has 0 aliphatic carbocycles. The summed E-state index contributed by atoms with van der Waals surface area (Å²) >= 11 is 1.27. The van der Waals surface area contributed by atoms with E-state index >= 15 is 8.78 Å². The van der Waals surface area contributed by atoms with Crippen LogP contribution in [0.4, 0.5) is 19.6 Å². The maximum Gasteiger partial charge on any atom is 0.255 e. The van der Waals surface area contributed by atoms with Crippen molar-refractivity contribution in [3.63, 3.8) is 0 Å². The van der Waals surface area contributed by atoms with Crippen molar-refractivity contribution in [2.45, 2.75) is 76.2 Å². The molecule has 3 N–H and O–H groups in total. The molecule has 1 unspecified atom stereocenters. The lowest BCUT2D eigenvalue weighted by atomic mass is 9.89. The minimum absolute atomic E-state index is 0.0339. The molecule has 7 heterocycles. The van der Waals surface area contributed by atoms with E-state index in [0.717, 1.165) is 62.1 Å². The molecule has 0 radical (unpaired) electrons. The first kappa shape index (κ1) is 43.5. The zero-order chi connectivity index (χ0) is 45.5. The Morgan fingerprint density at radius 1 is 0.848 bits per heavy atom. The van der Waals surface area contributed by atoms with Gasteiger partial charge in [0.1, 0.15) is 17.7 Å². The van der Waals surface area contributed by atoms with Crippen LogP contribution in [0, 0.1) is 11.6 Å². The quantitative estimate of drug-likeness (QED) is 0.140. The number of aryl methyl sites for hydroxylation is 1. The molecule has 0 saturated carbocycles. The second-order valence-corrected chi connectivity index (χ2v) is 18.7. The van der Waals surface area contributed by atoms with Crippen molar-refractivity contribution in [2.75, 3.05) is 56.4 Å². The smallest absolute Gasteiger partial charge is 0.255 e. The van der Waals surface area contributed by atoms with Crippen LogP contribution in [0.1, 0.15) is 82.5 Å². The van der Waals surface area contributed by atoms with Crippen LogP contribution < -0.4 is 16.0 Å². The third-order valence-corrected chi connectivity index (χ3v) is 14.4. The number of halogens is 2. The monoisotopic (exact) mass is 916 g/mol. The zero-order valence-corrected chi connectivity index (χ0v) is 37.1. The molecule has 342 valence electrons. The predicted octanol–water partition coefficient (Wildman–Crippen LogP) is 5.31. The van der Waals surface area contributed by atoms with Crippen molar-refractivity contribution in [3.05, 3.63) is 118 Å². The lowest BCUT2D eigenvalue weighted by Gasteiger charge is -2.37. The summed E-state index contributed by atoms with van der Waals surface area (Å²) in [6, 6.07) is 14.4. The van der Waals surface area contributed by atoms with Gasteiger partial charge in [-0.05, 0) is 97.6 Å². The summed E-state index contributed by atoms with van der Waals surface area (Å²) in [6.07, 6.45) is 7.02. The molecule has 18 heteroatoms. The molecule has 2 atom stereocenters. The van der Waals surface area contributed by atoms with Crippen LogP contribution in [-0.4, -0.2) is 116 Å². The van der Waals surface area contributed by atoms with Crippen LogP contribution in [-0.2, 0) is 45.2 Å². The van der Waals surface area contributed by atoms with Crippen LogP contribution in [0.15, 0.2) is 72.5 Å². The van der Waals surface area contributed by atoms with Crippen LogP contribution in [0.2, 0.25) is 0 Å². The van der Waals surface area contributed by atoms with Gasteiger partial charge in [-0.1, -0.05) is 30.3 Å². The SMILES string of the molecule is O=C1CC[C@H](Nc2ccc(C3CCN(CC(=O)N4CCN(Cc5ccc(-c6cc(F)c7c(c6)C(=O)N(C(C(=O)Nc6nccs6)c6ncn8c6CCC8)C7)cc5)CC4)CC3)c(F)c2)C(=O)N1. The fourth-order valence-corrected chi connectivity index (χ4v) is 10.6. The van der Waals surface area contributed by atoms with Crippen molar-refractivity contribution >= 4 is 51.7 Å². The van der Waals surface area contributed by atoms with Gasteiger partial charge in [0.2, 0.25) is 17.7 Å². The van der Waals surface area contributed by atoms with Crippen LogP contribution in [0.25, 0.3) is 11.1 Å². The normalized spacial score (nSPS) is 19.7. The largest absolute Gasteiger partial charge is 0.374 e. The molecular weight excluding hydrogens is 867 g/mol. The van der Waals surface area contributed by atoms with E-state index in [1.165, 1.54) is 28.4 Å². The van der Waals surface area contributed by atoms with Crippen molar-refractivity contribution in [1.82, 2.24) is 39.5 Å². The average molecular weight is 917 g/mol. The minimum atomic E-state index is -1.06. The van der Waals surface area contributed by atoms with Crippen molar-refractivity contribution in [3.8, 4) is 11.1 Å². The van der Waals surface area contributed by atoms with Gasteiger partial charge in [-0.2, -0.15) is 0 Å². The number of piperidine rings is 2. The fraction of sp³-hybridized carbons (Fsp3) is 0.396. The Labute approximate surface area is 384 Å². The highest BCUT2D eigenvalue weighted by molar-refractivity contribution is 7.13. The van der Waals surface area contributed by atoms with E-state index in [4.69, 9.17) is 0 Å². The number of imidazole rings is 1. The summed E-state index contributed by atoms with van der Waals surface area (Å²) in [5.74, 6) is -2.28. The Morgan fingerprint density at radius 3 is 2.39 bits per heavy atom. The number of fused-ring (bicyclic) bond motifs is 2. The Balaban J connectivity index is 0.706. The first-order valence-electron chi connectivity index (χ1n) is 22.6. The average Bonchev–Trinajstić information content (AvgIpc) is 4.14. The summed E-state index contributed by atoms with van der Waals surface area (Å²) in [5, 5.41) is 10.3. The van der Waals surface area contributed by atoms with Gasteiger partial charge in [0.05, 0.1) is 25.1 Å². The van der Waals surface area contributed by atoms with Gasteiger partial charge < -0.3 is 19.7 Å². The standard InChI is InChI=1S/C48H50F2N10O5S/c49-37-23-32(22-35-36(37)26-60(47(35)65)44(46(64)55-48-51-13-21-66-48)43-40-2-1-14-59(40)28-52-43)30-5-3-29(4-6-30)25-57-17-19-58(20-18-57)42(62)27-56-15-11-31(12-16-56)34-8-7-33(24-38(34)50)53-39-9-10-41(61)54-45(39)63/h3-8,13,21-24,28,31,39,44,53H,1-2,9-12,14-20,25-27H2,(H,51,55,64)(H,54,61,63)/t39-,44?/m0/s1. The number of nitrogens with zero attached hydrogens (tertiary/aromatic N) is 7. The number of carbonyl (C=O) groups is 5. The van der Waals surface area contributed by atoms with E-state index in [9.17, 15) is 24.0 Å². The summed E-state index contributed by atoms with van der Waals surface area (Å²) in [5.41, 5.74) is 5.43. The number of hydrogen-bond donors (Lipinski definition) is 3. The van der Waals surface area contributed by atoms with E-state index in [0.29, 0.717) is 73.3 Å². The number of benzene rings is 3. The molecule has 5 amide bonds. The van der Waals surface area contributed by atoms with Crippen molar-refractivity contribution in [2.24, 2.45) is 0 Å². The highest BCUT2D eigenvalue weighted by atomic mass is 32.1. The van der Waals surface area contributed by atoms with Crippen LogP contribution >= 0.6 is 11.3 Å². The first-order valence-corrected chi connectivity index (χ1v) is 23.5. The lowest BCUT2D eigenvalue weighted by Crippen LogP contribution is -2.51. The molecule has 10 rings (SSSR count). The number of rotatable bonds is 12. The fourth-order valence-electron chi connectivity index (χ4n) is 10.1. The Bertz CT molecular complexity index is 2680. The highest BCUT2D eigenvalue weighted by Crippen LogP contribution is 2.38. The predicted molar refractivity (Wildman–Crippen MR) is 242 cm³/mol. The number of likely N-dealkylation sites (tertiary alicyclic amines) is 1. The van der Waals surface area contributed by atoms with Gasteiger partial charge in [-0.3, -0.25) is 44.4 Å². The number of carbonyl (C=O) groups excluding carboxylic acids is 5. The zero-order valence-electron chi connectivity index (χ0n) is 36.3. The summed E-state index contributed by atoms with van der Waals surface area (Å²) in [4.78, 5) is 81.5. The highest BCUT2D eigenvalue weighted by Gasteiger charge is 2.42.